The van der Waals surface area contributed by atoms with Gasteiger partial charge in [0.15, 0.2) is 0 Å². The highest BCUT2D eigenvalue weighted by Gasteiger charge is 2.05. The van der Waals surface area contributed by atoms with E-state index in [2.05, 4.69) is 12.6 Å². The van der Waals surface area contributed by atoms with E-state index < -0.39 is 6.10 Å². The minimum absolute atomic E-state index is 0.260. The summed E-state index contributed by atoms with van der Waals surface area (Å²) in [6.07, 6.45) is -0.807. The summed E-state index contributed by atoms with van der Waals surface area (Å²) in [6.45, 7) is 3.41. The normalized spacial score (nSPS) is 13.0. The van der Waals surface area contributed by atoms with E-state index in [1.807, 2.05) is 13.8 Å². The Morgan fingerprint density at radius 2 is 2.00 bits per heavy atom. The van der Waals surface area contributed by atoms with Crippen LogP contribution in [0.15, 0.2) is 10.5 Å². The Labute approximate surface area is 60.6 Å². The molecule has 9 heavy (non-hydrogen) atoms. The molecule has 0 aromatic heterocycles. The summed E-state index contributed by atoms with van der Waals surface area (Å²) >= 11 is 3.97. The largest absolute Gasteiger partial charge is 0.393 e. The van der Waals surface area contributed by atoms with Gasteiger partial charge in [0.25, 0.3) is 0 Å². The SMILES string of the molecule is CC(C)=C(S)C(O)CO. The first kappa shape index (κ1) is 9.01. The average molecular weight is 148 g/mol. The highest BCUT2D eigenvalue weighted by atomic mass is 32.1. The molecule has 1 unspecified atom stereocenters. The molecule has 0 radical (unpaired) electrons. The van der Waals surface area contributed by atoms with Crippen LogP contribution in [0.4, 0.5) is 0 Å². The Bertz CT molecular complexity index is 116. The number of hydrogen-bond donors (Lipinski definition) is 3. The van der Waals surface area contributed by atoms with Crippen molar-refractivity contribution in [1.82, 2.24) is 0 Å². The van der Waals surface area contributed by atoms with Crippen LogP contribution >= 0.6 is 12.6 Å². The van der Waals surface area contributed by atoms with Crippen molar-refractivity contribution < 1.29 is 10.2 Å². The van der Waals surface area contributed by atoms with Gasteiger partial charge in [-0.15, -0.1) is 12.6 Å². The van der Waals surface area contributed by atoms with Gasteiger partial charge >= 0.3 is 0 Å². The molecule has 0 aliphatic rings. The summed E-state index contributed by atoms with van der Waals surface area (Å²) in [5.41, 5.74) is 0.930. The van der Waals surface area contributed by atoms with Crippen molar-refractivity contribution in [2.75, 3.05) is 6.61 Å². The van der Waals surface area contributed by atoms with E-state index in [1.165, 1.54) is 0 Å². The standard InChI is InChI=1S/C6H12O2S/c1-4(2)6(9)5(8)3-7/h5,7-9H,3H2,1-2H3. The first-order chi connectivity index (χ1) is 4.09. The van der Waals surface area contributed by atoms with Gasteiger partial charge in [-0.1, -0.05) is 5.57 Å². The second-order valence-corrected chi connectivity index (χ2v) is 2.57. The Morgan fingerprint density at radius 1 is 1.56 bits per heavy atom. The highest BCUT2D eigenvalue weighted by molar-refractivity contribution is 7.84. The fourth-order valence-electron chi connectivity index (χ4n) is 0.420. The maximum absolute atomic E-state index is 8.91. The third kappa shape index (κ3) is 2.89. The third-order valence-electron chi connectivity index (χ3n) is 1.00. The van der Waals surface area contributed by atoms with Crippen molar-refractivity contribution in [1.29, 1.82) is 0 Å². The van der Waals surface area contributed by atoms with Crippen LogP contribution < -0.4 is 0 Å². The van der Waals surface area contributed by atoms with E-state index in [0.717, 1.165) is 5.57 Å². The highest BCUT2D eigenvalue weighted by Crippen LogP contribution is 2.11. The molecular formula is C6H12O2S. The number of aliphatic hydroxyl groups is 2. The van der Waals surface area contributed by atoms with Crippen molar-refractivity contribution in [2.45, 2.75) is 20.0 Å². The van der Waals surface area contributed by atoms with E-state index in [0.29, 0.717) is 4.91 Å². The molecule has 0 bridgehead atoms. The van der Waals surface area contributed by atoms with Crippen molar-refractivity contribution in [2.24, 2.45) is 0 Å². The van der Waals surface area contributed by atoms with Crippen LogP contribution in [-0.4, -0.2) is 22.9 Å². The van der Waals surface area contributed by atoms with Crippen LogP contribution in [0.3, 0.4) is 0 Å². The maximum Gasteiger partial charge on any atom is 0.107 e. The van der Waals surface area contributed by atoms with Crippen LogP contribution in [-0.2, 0) is 0 Å². The van der Waals surface area contributed by atoms with E-state index in [9.17, 15) is 0 Å². The Hall–Kier alpha value is 0.01000. The quantitative estimate of drug-likeness (QED) is 0.501. The molecule has 54 valence electrons. The lowest BCUT2D eigenvalue weighted by atomic mass is 10.2. The summed E-state index contributed by atoms with van der Waals surface area (Å²) in [4.78, 5) is 0.553. The second-order valence-electron chi connectivity index (χ2n) is 2.08. The van der Waals surface area contributed by atoms with Crippen LogP contribution in [0.2, 0.25) is 0 Å². The zero-order valence-corrected chi connectivity index (χ0v) is 6.52. The van der Waals surface area contributed by atoms with Gasteiger partial charge in [-0.25, -0.2) is 0 Å². The van der Waals surface area contributed by atoms with Crippen molar-refractivity contribution in [3.05, 3.63) is 10.5 Å². The van der Waals surface area contributed by atoms with E-state index in [-0.39, 0.29) is 6.61 Å². The first-order valence-corrected chi connectivity index (χ1v) is 3.19. The average Bonchev–Trinajstić information content (AvgIpc) is 1.84. The number of rotatable bonds is 2. The van der Waals surface area contributed by atoms with E-state index in [1.54, 1.807) is 0 Å². The Kier molecular flexibility index (Phi) is 3.93. The van der Waals surface area contributed by atoms with Crippen molar-refractivity contribution >= 4 is 12.6 Å². The number of allylic oxidation sites excluding steroid dienone is 1. The lowest BCUT2D eigenvalue weighted by Gasteiger charge is -2.07. The van der Waals surface area contributed by atoms with Gasteiger partial charge in [0.1, 0.15) is 6.10 Å². The molecule has 0 aliphatic carbocycles. The van der Waals surface area contributed by atoms with Crippen LogP contribution in [0.25, 0.3) is 0 Å². The van der Waals surface area contributed by atoms with Gasteiger partial charge in [-0.05, 0) is 13.8 Å². The van der Waals surface area contributed by atoms with Gasteiger partial charge < -0.3 is 10.2 Å². The van der Waals surface area contributed by atoms with E-state index >= 15 is 0 Å². The third-order valence-corrected chi connectivity index (χ3v) is 1.75. The summed E-state index contributed by atoms with van der Waals surface area (Å²) in [7, 11) is 0. The van der Waals surface area contributed by atoms with Crippen LogP contribution in [0.5, 0.6) is 0 Å². The summed E-state index contributed by atoms with van der Waals surface area (Å²) in [5.74, 6) is 0. The molecule has 0 spiro atoms. The predicted octanol–water partition coefficient (Wildman–Crippen LogP) is 0.563. The zero-order valence-electron chi connectivity index (χ0n) is 5.63. The molecule has 0 aromatic rings. The minimum Gasteiger partial charge on any atom is -0.393 e. The second kappa shape index (κ2) is 3.93. The molecule has 0 saturated carbocycles. The smallest absolute Gasteiger partial charge is 0.107 e. The zero-order chi connectivity index (χ0) is 7.44. The number of thiol groups is 1. The van der Waals surface area contributed by atoms with Crippen molar-refractivity contribution in [3.63, 3.8) is 0 Å². The molecule has 0 aromatic carbocycles. The number of aliphatic hydroxyl groups excluding tert-OH is 2. The Morgan fingerprint density at radius 3 is 2.11 bits per heavy atom. The predicted molar refractivity (Wildman–Crippen MR) is 40.5 cm³/mol. The lowest BCUT2D eigenvalue weighted by Crippen LogP contribution is -2.12. The van der Waals surface area contributed by atoms with Crippen LogP contribution in [0, 0.1) is 0 Å². The van der Waals surface area contributed by atoms with Crippen LogP contribution in [0.1, 0.15) is 13.8 Å². The fourth-order valence-corrected chi connectivity index (χ4v) is 0.501. The molecule has 0 rings (SSSR count). The molecule has 2 nitrogen and oxygen atoms in total. The van der Waals surface area contributed by atoms with Gasteiger partial charge in [-0.3, -0.25) is 0 Å². The molecule has 1 atom stereocenters. The van der Waals surface area contributed by atoms with Crippen molar-refractivity contribution in [3.8, 4) is 0 Å². The molecular weight excluding hydrogens is 136 g/mol. The van der Waals surface area contributed by atoms with Gasteiger partial charge in [0, 0.05) is 4.91 Å². The summed E-state index contributed by atoms with van der Waals surface area (Å²) in [5, 5.41) is 17.3. The molecule has 0 aliphatic heterocycles. The molecule has 0 heterocycles. The Balaban J connectivity index is 4.02. The maximum atomic E-state index is 8.91. The molecule has 0 fully saturated rings. The molecule has 3 heteroatoms. The molecule has 0 saturated heterocycles. The number of hydrogen-bond acceptors (Lipinski definition) is 3. The minimum atomic E-state index is -0.807. The molecule has 0 amide bonds. The summed E-state index contributed by atoms with van der Waals surface area (Å²) in [6, 6.07) is 0. The van der Waals surface area contributed by atoms with E-state index in [4.69, 9.17) is 10.2 Å². The van der Waals surface area contributed by atoms with Gasteiger partial charge in [-0.2, -0.15) is 0 Å². The lowest BCUT2D eigenvalue weighted by molar-refractivity contribution is 0.128. The molecule has 2 N–H and O–H groups in total. The topological polar surface area (TPSA) is 40.5 Å². The van der Waals surface area contributed by atoms with Gasteiger partial charge in [0.2, 0.25) is 0 Å². The monoisotopic (exact) mass is 148 g/mol. The summed E-state index contributed by atoms with van der Waals surface area (Å²) < 4.78 is 0. The first-order valence-electron chi connectivity index (χ1n) is 2.74. The fraction of sp³-hybridized carbons (Fsp3) is 0.667. The van der Waals surface area contributed by atoms with Gasteiger partial charge in [0.05, 0.1) is 6.61 Å².